The fourth-order valence-electron chi connectivity index (χ4n) is 2.35. The van der Waals surface area contributed by atoms with Gasteiger partial charge in [-0.1, -0.05) is 19.8 Å². The minimum Gasteiger partial charge on any atom is -0.300 e. The molecule has 1 saturated heterocycles. The van der Waals surface area contributed by atoms with E-state index >= 15 is 0 Å². The van der Waals surface area contributed by atoms with Crippen molar-refractivity contribution in [3.8, 4) is 6.07 Å². The number of nitrogens with zero attached hydrogens (tertiary/aromatic N) is 2. The zero-order valence-electron chi connectivity index (χ0n) is 9.34. The monoisotopic (exact) mass is 194 g/mol. The van der Waals surface area contributed by atoms with Gasteiger partial charge in [0.05, 0.1) is 6.07 Å². The Kier molecular flexibility index (Phi) is 5.63. The summed E-state index contributed by atoms with van der Waals surface area (Å²) in [7, 11) is 0. The van der Waals surface area contributed by atoms with Crippen LogP contribution in [0, 0.1) is 11.3 Å². The van der Waals surface area contributed by atoms with Crippen molar-refractivity contribution in [3.05, 3.63) is 0 Å². The Balaban J connectivity index is 2.33. The predicted octanol–water partition coefficient (Wildman–Crippen LogP) is 2.94. The van der Waals surface area contributed by atoms with Crippen molar-refractivity contribution in [2.75, 3.05) is 13.1 Å². The highest BCUT2D eigenvalue weighted by molar-refractivity contribution is 4.76. The van der Waals surface area contributed by atoms with Crippen molar-refractivity contribution in [1.29, 1.82) is 5.26 Å². The fourth-order valence-corrected chi connectivity index (χ4v) is 2.35. The van der Waals surface area contributed by atoms with Gasteiger partial charge >= 0.3 is 0 Å². The van der Waals surface area contributed by atoms with Crippen LogP contribution in [0.5, 0.6) is 0 Å². The average Bonchev–Trinajstić information content (AvgIpc) is 2.43. The maximum absolute atomic E-state index is 8.51. The van der Waals surface area contributed by atoms with Crippen LogP contribution in [0.4, 0.5) is 0 Å². The van der Waals surface area contributed by atoms with Gasteiger partial charge in [0.25, 0.3) is 0 Å². The second-order valence-electron chi connectivity index (χ2n) is 4.21. The van der Waals surface area contributed by atoms with E-state index in [1.54, 1.807) is 0 Å². The topological polar surface area (TPSA) is 27.0 Å². The quantitative estimate of drug-likeness (QED) is 0.643. The third-order valence-electron chi connectivity index (χ3n) is 3.20. The highest BCUT2D eigenvalue weighted by Crippen LogP contribution is 2.19. The molecule has 0 bridgehead atoms. The predicted molar refractivity (Wildman–Crippen MR) is 59.0 cm³/mol. The van der Waals surface area contributed by atoms with Gasteiger partial charge in [0, 0.05) is 12.5 Å². The van der Waals surface area contributed by atoms with E-state index in [4.69, 9.17) is 5.26 Å². The summed E-state index contributed by atoms with van der Waals surface area (Å²) in [6.07, 6.45) is 8.54. The summed E-state index contributed by atoms with van der Waals surface area (Å²) >= 11 is 0. The second-order valence-corrected chi connectivity index (χ2v) is 4.21. The highest BCUT2D eigenvalue weighted by atomic mass is 15.1. The first-order valence-corrected chi connectivity index (χ1v) is 5.99. The molecule has 1 fully saturated rings. The van der Waals surface area contributed by atoms with Crippen LogP contribution >= 0.6 is 0 Å². The fraction of sp³-hybridized carbons (Fsp3) is 0.917. The molecule has 0 spiro atoms. The Bertz CT molecular complexity index is 183. The lowest BCUT2D eigenvalue weighted by atomic mass is 10.1. The summed E-state index contributed by atoms with van der Waals surface area (Å²) in [4.78, 5) is 2.60. The van der Waals surface area contributed by atoms with Crippen LogP contribution in [0.1, 0.15) is 51.9 Å². The van der Waals surface area contributed by atoms with Gasteiger partial charge in [-0.3, -0.25) is 0 Å². The molecule has 1 aliphatic rings. The number of nitriles is 1. The summed E-state index contributed by atoms with van der Waals surface area (Å²) in [6.45, 7) is 4.67. The van der Waals surface area contributed by atoms with E-state index < -0.39 is 0 Å². The first kappa shape index (κ1) is 11.5. The van der Waals surface area contributed by atoms with E-state index in [-0.39, 0.29) is 0 Å². The van der Waals surface area contributed by atoms with Gasteiger partial charge in [0.2, 0.25) is 0 Å². The normalized spacial score (nSPS) is 24.1. The van der Waals surface area contributed by atoms with Gasteiger partial charge in [-0.25, -0.2) is 0 Å². The molecular formula is C12H22N2. The molecule has 0 aliphatic carbocycles. The molecule has 0 aromatic rings. The molecule has 0 amide bonds. The minimum atomic E-state index is 0.715. The van der Waals surface area contributed by atoms with Gasteiger partial charge in [-0.15, -0.1) is 0 Å². The summed E-state index contributed by atoms with van der Waals surface area (Å²) in [6, 6.07) is 3.02. The van der Waals surface area contributed by atoms with Crippen LogP contribution in [0.25, 0.3) is 0 Å². The van der Waals surface area contributed by atoms with Crippen LogP contribution in [0.3, 0.4) is 0 Å². The van der Waals surface area contributed by atoms with Crippen LogP contribution in [-0.4, -0.2) is 24.0 Å². The third-order valence-corrected chi connectivity index (χ3v) is 3.20. The molecular weight excluding hydrogens is 172 g/mol. The van der Waals surface area contributed by atoms with Crippen molar-refractivity contribution < 1.29 is 0 Å². The van der Waals surface area contributed by atoms with Crippen molar-refractivity contribution in [2.45, 2.75) is 57.9 Å². The van der Waals surface area contributed by atoms with E-state index in [1.165, 1.54) is 38.6 Å². The standard InChI is InChI=1S/C12H22N2/c1-2-12-8-4-3-6-10-14(12)11-7-5-9-13/h12H,2-8,10-11H2,1H3. The Labute approximate surface area is 87.9 Å². The van der Waals surface area contributed by atoms with E-state index in [2.05, 4.69) is 17.9 Å². The Morgan fingerprint density at radius 2 is 2.21 bits per heavy atom. The van der Waals surface area contributed by atoms with Crippen LogP contribution in [-0.2, 0) is 0 Å². The highest BCUT2D eigenvalue weighted by Gasteiger charge is 2.18. The smallest absolute Gasteiger partial charge is 0.0622 e. The molecule has 80 valence electrons. The van der Waals surface area contributed by atoms with Crippen LogP contribution < -0.4 is 0 Å². The lowest BCUT2D eigenvalue weighted by Crippen LogP contribution is -2.35. The van der Waals surface area contributed by atoms with Crippen molar-refractivity contribution in [1.82, 2.24) is 4.90 Å². The molecule has 1 unspecified atom stereocenters. The molecule has 0 N–H and O–H groups in total. The first-order valence-electron chi connectivity index (χ1n) is 5.99. The molecule has 0 aromatic carbocycles. The average molecular weight is 194 g/mol. The van der Waals surface area contributed by atoms with Gasteiger partial charge in [-0.05, 0) is 38.8 Å². The first-order chi connectivity index (χ1) is 6.88. The Morgan fingerprint density at radius 1 is 1.36 bits per heavy atom. The van der Waals surface area contributed by atoms with Crippen molar-refractivity contribution >= 4 is 0 Å². The molecule has 0 saturated carbocycles. The molecule has 1 aliphatic heterocycles. The summed E-state index contributed by atoms with van der Waals surface area (Å²) in [5, 5.41) is 8.51. The molecule has 2 nitrogen and oxygen atoms in total. The number of hydrogen-bond donors (Lipinski definition) is 0. The van der Waals surface area contributed by atoms with Crippen molar-refractivity contribution in [2.24, 2.45) is 0 Å². The van der Waals surface area contributed by atoms with Gasteiger partial charge in [-0.2, -0.15) is 5.26 Å². The second kappa shape index (κ2) is 6.84. The van der Waals surface area contributed by atoms with Crippen LogP contribution in [0.2, 0.25) is 0 Å². The zero-order chi connectivity index (χ0) is 10.2. The summed E-state index contributed by atoms with van der Waals surface area (Å²) < 4.78 is 0. The van der Waals surface area contributed by atoms with E-state index in [0.717, 1.165) is 19.0 Å². The molecule has 1 atom stereocenters. The number of rotatable bonds is 4. The van der Waals surface area contributed by atoms with Gasteiger partial charge in [0.15, 0.2) is 0 Å². The van der Waals surface area contributed by atoms with Gasteiger partial charge in [0.1, 0.15) is 0 Å². The number of unbranched alkanes of at least 4 members (excludes halogenated alkanes) is 1. The van der Waals surface area contributed by atoms with E-state index in [1.807, 2.05) is 0 Å². The zero-order valence-corrected chi connectivity index (χ0v) is 9.34. The number of hydrogen-bond acceptors (Lipinski definition) is 2. The Morgan fingerprint density at radius 3 is 2.93 bits per heavy atom. The minimum absolute atomic E-state index is 0.715. The van der Waals surface area contributed by atoms with E-state index in [9.17, 15) is 0 Å². The molecule has 1 heterocycles. The molecule has 1 rings (SSSR count). The molecule has 0 aromatic heterocycles. The summed E-state index contributed by atoms with van der Waals surface area (Å²) in [5.41, 5.74) is 0. The summed E-state index contributed by atoms with van der Waals surface area (Å²) in [5.74, 6) is 0. The van der Waals surface area contributed by atoms with Crippen LogP contribution in [0.15, 0.2) is 0 Å². The largest absolute Gasteiger partial charge is 0.300 e. The lowest BCUT2D eigenvalue weighted by Gasteiger charge is -2.28. The SMILES string of the molecule is CCC1CCCCCN1CCCC#N. The number of likely N-dealkylation sites (tertiary alicyclic amines) is 1. The molecule has 0 radical (unpaired) electrons. The third kappa shape index (κ3) is 3.67. The van der Waals surface area contributed by atoms with Crippen molar-refractivity contribution in [3.63, 3.8) is 0 Å². The maximum Gasteiger partial charge on any atom is 0.0622 e. The Hall–Kier alpha value is -0.550. The molecule has 14 heavy (non-hydrogen) atoms. The lowest BCUT2D eigenvalue weighted by molar-refractivity contribution is 0.193. The van der Waals surface area contributed by atoms with E-state index in [0.29, 0.717) is 6.42 Å². The maximum atomic E-state index is 8.51. The molecule has 2 heteroatoms. The van der Waals surface area contributed by atoms with Gasteiger partial charge < -0.3 is 4.90 Å².